The fraction of sp³-hybridized carbons (Fsp3) is 0.400. The van der Waals surface area contributed by atoms with Gasteiger partial charge in [-0.05, 0) is 35.1 Å². The van der Waals surface area contributed by atoms with Crippen molar-refractivity contribution in [2.45, 2.75) is 56.8 Å². The van der Waals surface area contributed by atoms with Crippen LogP contribution in [-0.4, -0.2) is 47.4 Å². The number of hydrogen-bond donors (Lipinski definition) is 3. The zero-order valence-corrected chi connectivity index (χ0v) is 19.3. The lowest BCUT2D eigenvalue weighted by molar-refractivity contribution is -0.160. The number of carbonyl (C=O) groups is 3. The van der Waals surface area contributed by atoms with Crippen molar-refractivity contribution in [2.75, 3.05) is 6.61 Å². The van der Waals surface area contributed by atoms with Gasteiger partial charge in [-0.25, -0.2) is 9.59 Å². The Labute approximate surface area is 200 Å². The number of carboxylic acids is 1. The SMILES string of the molecule is CCC(CC)(NC(=O)OCC1c2ccccc2-c2ccccc21)C(=O)NC(CC(F)(F)F)C(=O)O. The number of aliphatic carboxylic acids is 1. The highest BCUT2D eigenvalue weighted by atomic mass is 19.4. The molecule has 188 valence electrons. The number of carbonyl (C=O) groups excluding carboxylic acids is 2. The third-order valence-electron chi connectivity index (χ3n) is 6.37. The largest absolute Gasteiger partial charge is 0.480 e. The Morgan fingerprint density at radius 2 is 1.49 bits per heavy atom. The number of carboxylic acid groups (broad SMARTS) is 1. The van der Waals surface area contributed by atoms with Crippen molar-refractivity contribution in [3.8, 4) is 11.1 Å². The molecule has 2 amide bonds. The van der Waals surface area contributed by atoms with Gasteiger partial charge in [-0.3, -0.25) is 4.79 Å². The van der Waals surface area contributed by atoms with E-state index in [2.05, 4.69) is 5.32 Å². The molecule has 1 atom stereocenters. The van der Waals surface area contributed by atoms with Crippen molar-refractivity contribution < 1.29 is 37.4 Å². The lowest BCUT2D eigenvalue weighted by Gasteiger charge is -2.32. The second-order valence-electron chi connectivity index (χ2n) is 8.42. The standard InChI is InChI=1S/C25H27F3N2O5/c1-3-24(4-2,22(33)29-20(21(31)32)13-25(26,27)28)30-23(34)35-14-19-17-11-7-5-9-15(17)16-10-6-8-12-18(16)19/h5-12,19-20H,3-4,13-14H2,1-2H3,(H,29,33)(H,30,34)(H,31,32). The first-order valence-electron chi connectivity index (χ1n) is 11.2. The normalized spacial score (nSPS) is 14.0. The molecule has 0 radical (unpaired) electrons. The number of alkyl halides is 3. The Balaban J connectivity index is 1.71. The molecule has 0 fully saturated rings. The summed E-state index contributed by atoms with van der Waals surface area (Å²) < 4.78 is 43.7. The maximum Gasteiger partial charge on any atom is 0.408 e. The van der Waals surface area contributed by atoms with Crippen molar-refractivity contribution in [3.63, 3.8) is 0 Å². The summed E-state index contributed by atoms with van der Waals surface area (Å²) in [5.74, 6) is -3.06. The summed E-state index contributed by atoms with van der Waals surface area (Å²) >= 11 is 0. The molecular formula is C25H27F3N2O5. The van der Waals surface area contributed by atoms with Crippen molar-refractivity contribution >= 4 is 18.0 Å². The van der Waals surface area contributed by atoms with Crippen molar-refractivity contribution in [1.29, 1.82) is 0 Å². The fourth-order valence-electron chi connectivity index (χ4n) is 4.36. The first-order chi connectivity index (χ1) is 16.5. The van der Waals surface area contributed by atoms with Gasteiger partial charge in [0.15, 0.2) is 0 Å². The minimum Gasteiger partial charge on any atom is -0.480 e. The van der Waals surface area contributed by atoms with Gasteiger partial charge in [0.05, 0.1) is 6.42 Å². The van der Waals surface area contributed by atoms with Crippen molar-refractivity contribution in [1.82, 2.24) is 10.6 Å². The number of fused-ring (bicyclic) bond motifs is 3. The average molecular weight is 492 g/mol. The van der Waals surface area contributed by atoms with Gasteiger partial charge in [-0.2, -0.15) is 13.2 Å². The molecule has 35 heavy (non-hydrogen) atoms. The smallest absolute Gasteiger partial charge is 0.408 e. The van der Waals surface area contributed by atoms with Gasteiger partial charge in [0.1, 0.15) is 18.2 Å². The molecule has 3 rings (SSSR count). The van der Waals surface area contributed by atoms with E-state index in [4.69, 9.17) is 9.84 Å². The number of halogens is 3. The summed E-state index contributed by atoms with van der Waals surface area (Å²) in [6.07, 6.45) is -7.43. The summed E-state index contributed by atoms with van der Waals surface area (Å²) in [7, 11) is 0. The molecule has 0 saturated carbocycles. The lowest BCUT2D eigenvalue weighted by Crippen LogP contribution is -2.61. The van der Waals surface area contributed by atoms with Gasteiger partial charge >= 0.3 is 18.2 Å². The third kappa shape index (κ3) is 5.75. The summed E-state index contributed by atoms with van der Waals surface area (Å²) in [5.41, 5.74) is 2.43. The Morgan fingerprint density at radius 1 is 0.971 bits per heavy atom. The van der Waals surface area contributed by atoms with Gasteiger partial charge in [0.25, 0.3) is 0 Å². The van der Waals surface area contributed by atoms with E-state index >= 15 is 0 Å². The highest BCUT2D eigenvalue weighted by molar-refractivity contribution is 5.92. The first kappa shape index (κ1) is 26.1. The maximum atomic E-state index is 12.8. The number of benzene rings is 2. The summed E-state index contributed by atoms with van der Waals surface area (Å²) in [6, 6.07) is 13.3. The molecule has 0 spiro atoms. The molecule has 0 aromatic heterocycles. The molecule has 2 aromatic rings. The molecule has 2 aromatic carbocycles. The van der Waals surface area contributed by atoms with Gasteiger partial charge in [0.2, 0.25) is 5.91 Å². The zero-order valence-electron chi connectivity index (χ0n) is 19.3. The van der Waals surface area contributed by atoms with Gasteiger partial charge < -0.3 is 20.5 Å². The third-order valence-corrected chi connectivity index (χ3v) is 6.37. The van der Waals surface area contributed by atoms with Crippen LogP contribution in [0.25, 0.3) is 11.1 Å². The highest BCUT2D eigenvalue weighted by Crippen LogP contribution is 2.44. The van der Waals surface area contributed by atoms with Crippen LogP contribution in [0.1, 0.15) is 50.2 Å². The Morgan fingerprint density at radius 3 is 1.94 bits per heavy atom. The first-order valence-corrected chi connectivity index (χ1v) is 11.2. The molecule has 1 unspecified atom stereocenters. The minimum absolute atomic E-state index is 0.0118. The van der Waals surface area contributed by atoms with E-state index in [0.29, 0.717) is 0 Å². The van der Waals surface area contributed by atoms with E-state index in [-0.39, 0.29) is 25.4 Å². The number of rotatable bonds is 9. The number of amides is 2. The number of hydrogen-bond acceptors (Lipinski definition) is 4. The molecular weight excluding hydrogens is 465 g/mol. The van der Waals surface area contributed by atoms with E-state index in [9.17, 15) is 27.6 Å². The van der Waals surface area contributed by atoms with Crippen LogP contribution in [0.3, 0.4) is 0 Å². The predicted molar refractivity (Wildman–Crippen MR) is 122 cm³/mol. The van der Waals surface area contributed by atoms with Crippen LogP contribution >= 0.6 is 0 Å². The van der Waals surface area contributed by atoms with Crippen LogP contribution in [0.4, 0.5) is 18.0 Å². The molecule has 1 aliphatic rings. The van der Waals surface area contributed by atoms with Crippen LogP contribution < -0.4 is 10.6 Å². The second kappa shape index (κ2) is 10.4. The van der Waals surface area contributed by atoms with Gasteiger partial charge in [-0.1, -0.05) is 62.4 Å². The Hall–Kier alpha value is -3.56. The molecule has 0 saturated heterocycles. The minimum atomic E-state index is -4.79. The molecule has 10 heteroatoms. The van der Waals surface area contributed by atoms with E-state index in [1.807, 2.05) is 53.8 Å². The quantitative estimate of drug-likeness (QED) is 0.474. The summed E-state index contributed by atoms with van der Waals surface area (Å²) in [5, 5.41) is 13.5. The van der Waals surface area contributed by atoms with E-state index in [0.717, 1.165) is 22.3 Å². The topological polar surface area (TPSA) is 105 Å². The van der Waals surface area contributed by atoms with Crippen LogP contribution in [0.2, 0.25) is 0 Å². The number of alkyl carbamates (subject to hydrolysis) is 1. The fourth-order valence-corrected chi connectivity index (χ4v) is 4.36. The van der Waals surface area contributed by atoms with Gasteiger partial charge in [-0.15, -0.1) is 0 Å². The van der Waals surface area contributed by atoms with E-state index in [1.165, 1.54) is 0 Å². The molecule has 1 aliphatic carbocycles. The molecule has 0 aliphatic heterocycles. The maximum absolute atomic E-state index is 12.8. The highest BCUT2D eigenvalue weighted by Gasteiger charge is 2.42. The zero-order chi connectivity index (χ0) is 25.8. The number of ether oxygens (including phenoxy) is 1. The Kier molecular flexibility index (Phi) is 7.72. The van der Waals surface area contributed by atoms with Crippen molar-refractivity contribution in [3.05, 3.63) is 59.7 Å². The molecule has 0 heterocycles. The molecule has 0 bridgehead atoms. The lowest BCUT2D eigenvalue weighted by atomic mass is 9.91. The Bertz CT molecular complexity index is 1050. The van der Waals surface area contributed by atoms with Gasteiger partial charge in [0, 0.05) is 5.92 Å². The molecule has 3 N–H and O–H groups in total. The average Bonchev–Trinajstić information content (AvgIpc) is 3.13. The van der Waals surface area contributed by atoms with Crippen LogP contribution in [0, 0.1) is 0 Å². The predicted octanol–water partition coefficient (Wildman–Crippen LogP) is 4.61. The molecule has 7 nitrogen and oxygen atoms in total. The van der Waals surface area contributed by atoms with Crippen LogP contribution in [0.5, 0.6) is 0 Å². The summed E-state index contributed by atoms with van der Waals surface area (Å²) in [6.45, 7) is 3.11. The van der Waals surface area contributed by atoms with Crippen molar-refractivity contribution in [2.24, 2.45) is 0 Å². The monoisotopic (exact) mass is 492 g/mol. The summed E-state index contributed by atoms with van der Waals surface area (Å²) in [4.78, 5) is 36.8. The van der Waals surface area contributed by atoms with E-state index in [1.54, 1.807) is 13.8 Å². The van der Waals surface area contributed by atoms with Crippen LogP contribution in [-0.2, 0) is 14.3 Å². The van der Waals surface area contributed by atoms with E-state index < -0.39 is 42.1 Å². The van der Waals surface area contributed by atoms with Crippen LogP contribution in [0.15, 0.2) is 48.5 Å². The number of nitrogens with one attached hydrogen (secondary N) is 2. The second-order valence-corrected chi connectivity index (χ2v) is 8.42.